The predicted octanol–water partition coefficient (Wildman–Crippen LogP) is 0.588. The van der Waals surface area contributed by atoms with Crippen LogP contribution in [0.3, 0.4) is 0 Å². The average Bonchev–Trinajstić information content (AvgIpc) is 3.07. The molecule has 1 unspecified atom stereocenters. The van der Waals surface area contributed by atoms with Crippen LogP contribution >= 0.6 is 0 Å². The van der Waals surface area contributed by atoms with Crippen molar-refractivity contribution in [3.05, 3.63) is 52.6 Å². The lowest BCUT2D eigenvalue weighted by molar-refractivity contribution is -0.143. The Labute approximate surface area is 206 Å². The van der Waals surface area contributed by atoms with E-state index in [-0.39, 0.29) is 30.2 Å². The highest BCUT2D eigenvalue weighted by Gasteiger charge is 2.64. The average molecular weight is 502 g/mol. The quantitative estimate of drug-likeness (QED) is 0.391. The van der Waals surface area contributed by atoms with E-state index in [1.807, 2.05) is 0 Å². The van der Waals surface area contributed by atoms with Gasteiger partial charge in [0.2, 0.25) is 11.8 Å². The molecule has 0 saturated carbocycles. The van der Waals surface area contributed by atoms with Gasteiger partial charge in [0, 0.05) is 11.3 Å². The van der Waals surface area contributed by atoms with E-state index in [2.05, 4.69) is 0 Å². The Hall–Kier alpha value is -4.35. The van der Waals surface area contributed by atoms with Gasteiger partial charge in [-0.15, -0.1) is 0 Å². The highest BCUT2D eigenvalue weighted by molar-refractivity contribution is 6.23. The van der Waals surface area contributed by atoms with Gasteiger partial charge in [-0.25, -0.2) is 9.59 Å². The molecular weight excluding hydrogens is 476 g/mol. The van der Waals surface area contributed by atoms with Crippen molar-refractivity contribution in [1.82, 2.24) is 0 Å². The first-order valence-corrected chi connectivity index (χ1v) is 11.0. The Morgan fingerprint density at radius 3 is 2.22 bits per heavy atom. The molecule has 0 aromatic heterocycles. The summed E-state index contributed by atoms with van der Waals surface area (Å²) < 4.78 is 25.4. The van der Waals surface area contributed by atoms with Crippen LogP contribution < -0.4 is 10.6 Å². The van der Waals surface area contributed by atoms with Crippen LogP contribution in [0.5, 0.6) is 0 Å². The van der Waals surface area contributed by atoms with Crippen molar-refractivity contribution in [2.45, 2.75) is 25.7 Å². The fraction of sp³-hybridized carbons (Fsp3) is 0.375. The van der Waals surface area contributed by atoms with Crippen LogP contribution in [0.1, 0.15) is 25.8 Å². The van der Waals surface area contributed by atoms with Crippen LogP contribution in [0, 0.1) is 0 Å². The number of hydrogen-bond donors (Lipinski definition) is 1. The normalized spacial score (nSPS) is 18.6. The Morgan fingerprint density at radius 1 is 0.944 bits per heavy atom. The molecule has 1 amide bonds. The summed E-state index contributed by atoms with van der Waals surface area (Å²) in [6, 6.07) is 6.20. The van der Waals surface area contributed by atoms with Crippen molar-refractivity contribution in [3.8, 4) is 0 Å². The molecule has 0 fully saturated rings. The molecular formula is C24H26N2O10. The molecule has 0 saturated heterocycles. The van der Waals surface area contributed by atoms with Crippen molar-refractivity contribution < 1.29 is 47.7 Å². The lowest BCUT2D eigenvalue weighted by Gasteiger charge is -2.36. The first kappa shape index (κ1) is 26.3. The number of esters is 4. The van der Waals surface area contributed by atoms with Crippen molar-refractivity contribution in [2.75, 3.05) is 38.9 Å². The van der Waals surface area contributed by atoms with Gasteiger partial charge in [-0.1, -0.05) is 18.2 Å². The molecule has 1 aromatic rings. The van der Waals surface area contributed by atoms with Gasteiger partial charge in [-0.2, -0.15) is 0 Å². The minimum Gasteiger partial charge on any atom is -0.468 e. The summed E-state index contributed by atoms with van der Waals surface area (Å²) >= 11 is 0. The van der Waals surface area contributed by atoms with Gasteiger partial charge in [0.05, 0.1) is 27.4 Å². The number of para-hydroxylation sites is 1. The Balaban J connectivity index is 2.43. The third-order valence-corrected chi connectivity index (χ3v) is 5.67. The number of carbonyl (C=O) groups excluding carboxylic acids is 5. The highest BCUT2D eigenvalue weighted by atomic mass is 16.6. The molecule has 1 aromatic carbocycles. The molecule has 3 rings (SSSR count). The Kier molecular flexibility index (Phi) is 7.66. The topological polar surface area (TPSA) is 161 Å². The third kappa shape index (κ3) is 4.14. The van der Waals surface area contributed by atoms with Crippen molar-refractivity contribution in [3.63, 3.8) is 0 Å². The minimum atomic E-state index is -2.24. The van der Waals surface area contributed by atoms with E-state index >= 15 is 0 Å². The molecule has 0 bridgehead atoms. The summed E-state index contributed by atoms with van der Waals surface area (Å²) in [7, 11) is 2.22. The summed E-state index contributed by atoms with van der Waals surface area (Å²) in [4.78, 5) is 66.4. The van der Waals surface area contributed by atoms with E-state index in [4.69, 9.17) is 29.4 Å². The van der Waals surface area contributed by atoms with Crippen molar-refractivity contribution >= 4 is 35.5 Å². The smallest absolute Gasteiger partial charge is 0.340 e. The Morgan fingerprint density at radius 2 is 1.61 bits per heavy atom. The van der Waals surface area contributed by atoms with Crippen LogP contribution in [-0.4, -0.2) is 63.8 Å². The van der Waals surface area contributed by atoms with Crippen LogP contribution in [0.15, 0.2) is 47.1 Å². The van der Waals surface area contributed by atoms with E-state index in [9.17, 15) is 24.0 Å². The van der Waals surface area contributed by atoms with Crippen LogP contribution in [0.4, 0.5) is 5.69 Å². The number of carbonyl (C=O) groups is 5. The number of nitrogens with two attached hydrogens (primary N) is 1. The fourth-order valence-electron chi connectivity index (χ4n) is 4.33. The summed E-state index contributed by atoms with van der Waals surface area (Å²) in [6.07, 6.45) is -0.592. The van der Waals surface area contributed by atoms with E-state index in [0.717, 1.165) is 19.1 Å². The molecule has 2 N–H and O–H groups in total. The second-order valence-corrected chi connectivity index (χ2v) is 7.57. The lowest BCUT2D eigenvalue weighted by Crippen LogP contribution is -2.51. The Bertz CT molecular complexity index is 1190. The predicted molar refractivity (Wildman–Crippen MR) is 122 cm³/mol. The maximum Gasteiger partial charge on any atom is 0.340 e. The van der Waals surface area contributed by atoms with Gasteiger partial charge in [-0.3, -0.25) is 19.3 Å². The number of rotatable bonds is 8. The molecule has 1 spiro atoms. The number of benzene rings is 1. The second kappa shape index (κ2) is 10.5. The molecule has 0 radical (unpaired) electrons. The zero-order chi connectivity index (χ0) is 26.6. The zero-order valence-electron chi connectivity index (χ0n) is 20.2. The van der Waals surface area contributed by atoms with E-state index in [0.29, 0.717) is 0 Å². The number of nitrogens with zero attached hydrogens (tertiary/aromatic N) is 1. The molecule has 2 heterocycles. The summed E-state index contributed by atoms with van der Waals surface area (Å²) in [5.41, 5.74) is 3.29. The van der Waals surface area contributed by atoms with Crippen molar-refractivity contribution in [2.24, 2.45) is 5.73 Å². The number of hydrogen-bond acceptors (Lipinski definition) is 11. The summed E-state index contributed by atoms with van der Waals surface area (Å²) in [5.74, 6) is -5.40. The number of fused-ring (bicyclic) bond motifs is 2. The number of anilines is 1. The van der Waals surface area contributed by atoms with Gasteiger partial charge >= 0.3 is 23.9 Å². The molecule has 2 aliphatic heterocycles. The first-order valence-electron chi connectivity index (χ1n) is 11.0. The largest absolute Gasteiger partial charge is 0.468 e. The minimum absolute atomic E-state index is 0.0411. The zero-order valence-corrected chi connectivity index (χ0v) is 20.2. The fourth-order valence-corrected chi connectivity index (χ4v) is 4.33. The lowest BCUT2D eigenvalue weighted by atomic mass is 9.67. The first-order chi connectivity index (χ1) is 17.2. The molecule has 1 atom stereocenters. The van der Waals surface area contributed by atoms with E-state index in [1.165, 1.54) is 12.1 Å². The standard InChI is InChI=1S/C24H26N2O10/c1-5-34-16(27)11-15-18(22(30)35-6-2)24(19(20(25)36-15)21(29)33-4)13-9-7-8-10-14(13)26(23(24)31)12-17(28)32-3/h7-10H,5-6,11-12,25H2,1-4H3. The van der Waals surface area contributed by atoms with Crippen LogP contribution in [0.2, 0.25) is 0 Å². The third-order valence-electron chi connectivity index (χ3n) is 5.67. The maximum absolute atomic E-state index is 14.3. The summed E-state index contributed by atoms with van der Waals surface area (Å²) in [5, 5.41) is 0. The SMILES string of the molecule is CCOC(=O)CC1=C(C(=O)OCC)C2(C(=O)N(CC(=O)OC)c3ccccc32)C(C(=O)OC)=C(N)O1. The molecule has 2 aliphatic rings. The van der Waals surface area contributed by atoms with Crippen LogP contribution in [0.25, 0.3) is 0 Å². The molecule has 12 heteroatoms. The van der Waals surface area contributed by atoms with Gasteiger partial charge in [0.15, 0.2) is 0 Å². The molecule has 192 valence electrons. The number of ether oxygens (including phenoxy) is 5. The summed E-state index contributed by atoms with van der Waals surface area (Å²) in [6.45, 7) is 2.54. The highest BCUT2D eigenvalue weighted by Crippen LogP contribution is 2.55. The molecule has 12 nitrogen and oxygen atoms in total. The van der Waals surface area contributed by atoms with Gasteiger partial charge in [0.1, 0.15) is 35.3 Å². The number of methoxy groups -OCH3 is 2. The second-order valence-electron chi connectivity index (χ2n) is 7.57. The van der Waals surface area contributed by atoms with Gasteiger partial charge < -0.3 is 29.4 Å². The van der Waals surface area contributed by atoms with Gasteiger partial charge in [0.25, 0.3) is 0 Å². The van der Waals surface area contributed by atoms with Crippen LogP contribution in [-0.2, 0) is 53.1 Å². The molecule has 36 heavy (non-hydrogen) atoms. The number of amides is 1. The van der Waals surface area contributed by atoms with Crippen molar-refractivity contribution in [1.29, 1.82) is 0 Å². The molecule has 0 aliphatic carbocycles. The van der Waals surface area contributed by atoms with Gasteiger partial charge in [-0.05, 0) is 19.9 Å². The van der Waals surface area contributed by atoms with E-state index < -0.39 is 65.2 Å². The van der Waals surface area contributed by atoms with E-state index in [1.54, 1.807) is 26.0 Å². The maximum atomic E-state index is 14.3. The monoisotopic (exact) mass is 502 g/mol.